The van der Waals surface area contributed by atoms with E-state index in [1.807, 2.05) is 39.0 Å². The van der Waals surface area contributed by atoms with Crippen LogP contribution >= 0.6 is 12.4 Å². The Kier molecular flexibility index (Phi) is 8.88. The van der Waals surface area contributed by atoms with E-state index in [9.17, 15) is 9.59 Å². The Morgan fingerprint density at radius 3 is 2.54 bits per heavy atom. The molecule has 0 spiro atoms. The van der Waals surface area contributed by atoms with Gasteiger partial charge in [-0.15, -0.1) is 12.4 Å². The summed E-state index contributed by atoms with van der Waals surface area (Å²) in [6.45, 7) is 6.24. The largest absolute Gasteiger partial charge is 0.477 e. The van der Waals surface area contributed by atoms with Gasteiger partial charge in [0, 0.05) is 6.04 Å². The molecule has 0 aromatic heterocycles. The van der Waals surface area contributed by atoms with Gasteiger partial charge in [0.25, 0.3) is 5.91 Å². The number of fused-ring (bicyclic) bond motifs is 1. The van der Waals surface area contributed by atoms with Gasteiger partial charge in [-0.25, -0.2) is 0 Å². The summed E-state index contributed by atoms with van der Waals surface area (Å²) in [4.78, 5) is 27.0. The van der Waals surface area contributed by atoms with E-state index in [0.717, 1.165) is 19.3 Å². The van der Waals surface area contributed by atoms with Crippen molar-refractivity contribution in [2.75, 3.05) is 11.4 Å². The van der Waals surface area contributed by atoms with Crippen LogP contribution < -0.4 is 20.7 Å². The van der Waals surface area contributed by atoms with Crippen molar-refractivity contribution in [1.29, 1.82) is 0 Å². The lowest BCUT2D eigenvalue weighted by Gasteiger charge is -2.35. The lowest BCUT2D eigenvalue weighted by Crippen LogP contribution is -2.55. The van der Waals surface area contributed by atoms with E-state index in [4.69, 9.17) is 10.5 Å². The minimum absolute atomic E-state index is 0. The molecule has 0 fully saturated rings. The fraction of sp³-hybridized carbons (Fsp3) is 0.579. The maximum absolute atomic E-state index is 12.8. The number of ether oxygens (including phenoxy) is 1. The minimum atomic E-state index is -0.728. The number of para-hydroxylation sites is 2. The molecule has 1 aliphatic rings. The molecule has 0 bridgehead atoms. The average molecular weight is 384 g/mol. The van der Waals surface area contributed by atoms with Crippen LogP contribution in [0.2, 0.25) is 0 Å². The maximum atomic E-state index is 12.8. The second kappa shape index (κ2) is 10.4. The summed E-state index contributed by atoms with van der Waals surface area (Å²) in [7, 11) is 0. The van der Waals surface area contributed by atoms with Gasteiger partial charge in [0.15, 0.2) is 6.10 Å². The van der Waals surface area contributed by atoms with E-state index in [1.165, 1.54) is 0 Å². The number of anilines is 1. The number of benzene rings is 1. The SMILES string of the molecule is CCCC(N)C(=O)N1CC(C(=O)NC(CC)CC)Oc2ccccc21.Cl. The van der Waals surface area contributed by atoms with Gasteiger partial charge in [0.2, 0.25) is 5.91 Å². The Bertz CT molecular complexity index is 607. The Morgan fingerprint density at radius 1 is 1.27 bits per heavy atom. The Hall–Kier alpha value is -1.79. The van der Waals surface area contributed by atoms with Gasteiger partial charge in [-0.3, -0.25) is 9.59 Å². The summed E-state index contributed by atoms with van der Waals surface area (Å²) in [5.41, 5.74) is 6.70. The standard InChI is InChI=1S/C19H29N3O3.ClH/c1-4-9-14(20)19(24)22-12-17(18(23)21-13(5-2)6-3)25-16-11-8-7-10-15(16)22;/h7-8,10-11,13-14,17H,4-6,9,12,20H2,1-3H3,(H,21,23);1H. The van der Waals surface area contributed by atoms with Crippen LogP contribution in [0.25, 0.3) is 0 Å². The monoisotopic (exact) mass is 383 g/mol. The first-order valence-corrected chi connectivity index (χ1v) is 9.14. The normalized spacial score (nSPS) is 17.0. The number of nitrogens with zero attached hydrogens (tertiary/aromatic N) is 1. The molecule has 2 atom stereocenters. The number of rotatable bonds is 7. The molecule has 146 valence electrons. The summed E-state index contributed by atoms with van der Waals surface area (Å²) in [6, 6.07) is 6.81. The number of amides is 2. The van der Waals surface area contributed by atoms with E-state index < -0.39 is 12.1 Å². The predicted octanol–water partition coefficient (Wildman–Crippen LogP) is 2.63. The van der Waals surface area contributed by atoms with E-state index in [2.05, 4.69) is 5.32 Å². The molecule has 1 aromatic rings. The second-order valence-electron chi connectivity index (χ2n) is 6.44. The molecule has 0 aliphatic carbocycles. The number of nitrogens with two attached hydrogens (primary N) is 1. The summed E-state index contributed by atoms with van der Waals surface area (Å²) in [5, 5.41) is 3.00. The van der Waals surface area contributed by atoms with Crippen LogP contribution in [0.5, 0.6) is 5.75 Å². The quantitative estimate of drug-likeness (QED) is 0.758. The fourth-order valence-electron chi connectivity index (χ4n) is 3.00. The molecule has 26 heavy (non-hydrogen) atoms. The van der Waals surface area contributed by atoms with Crippen LogP contribution in [-0.4, -0.2) is 36.5 Å². The molecule has 2 rings (SSSR count). The van der Waals surface area contributed by atoms with Crippen molar-refractivity contribution in [1.82, 2.24) is 5.32 Å². The molecular formula is C19H30ClN3O3. The molecule has 0 radical (unpaired) electrons. The van der Waals surface area contributed by atoms with Crippen LogP contribution in [0.1, 0.15) is 46.5 Å². The molecular weight excluding hydrogens is 354 g/mol. The lowest BCUT2D eigenvalue weighted by atomic mass is 10.1. The van der Waals surface area contributed by atoms with Gasteiger partial charge in [-0.05, 0) is 31.4 Å². The summed E-state index contributed by atoms with van der Waals surface area (Å²) in [6.07, 6.45) is 2.43. The zero-order valence-corrected chi connectivity index (χ0v) is 16.6. The maximum Gasteiger partial charge on any atom is 0.263 e. The van der Waals surface area contributed by atoms with Gasteiger partial charge >= 0.3 is 0 Å². The van der Waals surface area contributed by atoms with Crippen molar-refractivity contribution in [3.05, 3.63) is 24.3 Å². The molecule has 0 saturated carbocycles. The van der Waals surface area contributed by atoms with Crippen molar-refractivity contribution in [3.8, 4) is 5.75 Å². The Labute approximate surface area is 161 Å². The number of halogens is 1. The van der Waals surface area contributed by atoms with Crippen molar-refractivity contribution in [2.45, 2.75) is 64.6 Å². The molecule has 1 heterocycles. The van der Waals surface area contributed by atoms with Gasteiger partial charge in [0.05, 0.1) is 18.3 Å². The fourth-order valence-corrected chi connectivity index (χ4v) is 3.00. The zero-order chi connectivity index (χ0) is 18.4. The first-order chi connectivity index (χ1) is 12.0. The van der Waals surface area contributed by atoms with Crippen LogP contribution in [0.3, 0.4) is 0 Å². The van der Waals surface area contributed by atoms with Crippen LogP contribution in [0.15, 0.2) is 24.3 Å². The second-order valence-corrected chi connectivity index (χ2v) is 6.44. The van der Waals surface area contributed by atoms with Crippen molar-refractivity contribution in [2.24, 2.45) is 5.73 Å². The van der Waals surface area contributed by atoms with Crippen LogP contribution in [0.4, 0.5) is 5.69 Å². The van der Waals surface area contributed by atoms with Crippen molar-refractivity contribution in [3.63, 3.8) is 0 Å². The zero-order valence-electron chi connectivity index (χ0n) is 15.7. The number of hydrogen-bond acceptors (Lipinski definition) is 4. The molecule has 1 aromatic carbocycles. The third-order valence-electron chi connectivity index (χ3n) is 4.58. The molecule has 3 N–H and O–H groups in total. The minimum Gasteiger partial charge on any atom is -0.477 e. The smallest absolute Gasteiger partial charge is 0.263 e. The topological polar surface area (TPSA) is 84.7 Å². The summed E-state index contributed by atoms with van der Waals surface area (Å²) in [5.74, 6) is 0.179. The van der Waals surface area contributed by atoms with E-state index in [0.29, 0.717) is 17.9 Å². The van der Waals surface area contributed by atoms with Gasteiger partial charge in [-0.1, -0.05) is 39.3 Å². The van der Waals surface area contributed by atoms with Crippen LogP contribution in [0, 0.1) is 0 Å². The van der Waals surface area contributed by atoms with Crippen molar-refractivity contribution >= 4 is 29.9 Å². The Morgan fingerprint density at radius 2 is 1.92 bits per heavy atom. The van der Waals surface area contributed by atoms with Gasteiger partial charge in [-0.2, -0.15) is 0 Å². The van der Waals surface area contributed by atoms with Crippen LogP contribution in [-0.2, 0) is 9.59 Å². The molecule has 2 unspecified atom stereocenters. The number of nitrogens with one attached hydrogen (secondary N) is 1. The number of carbonyl (C=O) groups excluding carboxylic acids is 2. The highest BCUT2D eigenvalue weighted by atomic mass is 35.5. The first kappa shape index (κ1) is 22.3. The predicted molar refractivity (Wildman–Crippen MR) is 106 cm³/mol. The average Bonchev–Trinajstić information content (AvgIpc) is 2.64. The molecule has 6 nitrogen and oxygen atoms in total. The third kappa shape index (κ3) is 5.11. The lowest BCUT2D eigenvalue weighted by molar-refractivity contribution is -0.129. The third-order valence-corrected chi connectivity index (χ3v) is 4.58. The van der Waals surface area contributed by atoms with E-state index in [1.54, 1.807) is 11.0 Å². The van der Waals surface area contributed by atoms with E-state index in [-0.39, 0.29) is 36.8 Å². The summed E-state index contributed by atoms with van der Waals surface area (Å²) < 4.78 is 5.86. The Balaban J connectivity index is 0.00000338. The number of hydrogen-bond donors (Lipinski definition) is 2. The first-order valence-electron chi connectivity index (χ1n) is 9.14. The summed E-state index contributed by atoms with van der Waals surface area (Å²) >= 11 is 0. The van der Waals surface area contributed by atoms with E-state index >= 15 is 0 Å². The van der Waals surface area contributed by atoms with Gasteiger partial charge < -0.3 is 20.7 Å². The molecule has 7 heteroatoms. The highest BCUT2D eigenvalue weighted by Gasteiger charge is 2.35. The molecule has 1 aliphatic heterocycles. The number of carbonyl (C=O) groups is 2. The highest BCUT2D eigenvalue weighted by Crippen LogP contribution is 2.33. The molecule has 0 saturated heterocycles. The van der Waals surface area contributed by atoms with Crippen molar-refractivity contribution < 1.29 is 14.3 Å². The highest BCUT2D eigenvalue weighted by molar-refractivity contribution is 6.00. The van der Waals surface area contributed by atoms with Gasteiger partial charge in [0.1, 0.15) is 5.75 Å². The molecule has 2 amide bonds.